The summed E-state index contributed by atoms with van der Waals surface area (Å²) in [4.78, 5) is 4.65. The average Bonchev–Trinajstić information content (AvgIpc) is 2.96. The molecule has 19 heavy (non-hydrogen) atoms. The van der Waals surface area contributed by atoms with Crippen molar-refractivity contribution in [1.29, 1.82) is 0 Å². The minimum absolute atomic E-state index is 0.147. The summed E-state index contributed by atoms with van der Waals surface area (Å²) < 4.78 is 0. The summed E-state index contributed by atoms with van der Waals surface area (Å²) in [6.45, 7) is 3.03. The number of aliphatic hydroxyl groups excluding tert-OH is 1. The van der Waals surface area contributed by atoms with Gasteiger partial charge in [-0.05, 0) is 37.1 Å². The second kappa shape index (κ2) is 5.32. The van der Waals surface area contributed by atoms with Crippen molar-refractivity contribution in [3.63, 3.8) is 0 Å². The summed E-state index contributed by atoms with van der Waals surface area (Å²) in [5.41, 5.74) is 2.12. The lowest BCUT2D eigenvalue weighted by Gasteiger charge is -2.28. The zero-order valence-electron chi connectivity index (χ0n) is 10.9. The van der Waals surface area contributed by atoms with E-state index in [0.717, 1.165) is 17.2 Å². The SMILES string of the molecule is CC(CO)(NCc1csc(-c2ccsc2)n1)C1CC1. The number of nitrogens with zero attached hydrogens (tertiary/aromatic N) is 1. The predicted octanol–water partition coefficient (Wildman–Crippen LogP) is 3.12. The number of aliphatic hydroxyl groups is 1. The molecule has 2 aromatic heterocycles. The zero-order chi connectivity index (χ0) is 13.3. The number of thiophene rings is 1. The summed E-state index contributed by atoms with van der Waals surface area (Å²) in [6.07, 6.45) is 2.45. The van der Waals surface area contributed by atoms with Crippen molar-refractivity contribution in [3.05, 3.63) is 27.9 Å². The van der Waals surface area contributed by atoms with Crippen molar-refractivity contribution in [2.75, 3.05) is 6.61 Å². The molecule has 1 aliphatic rings. The van der Waals surface area contributed by atoms with Crippen LogP contribution in [0, 0.1) is 5.92 Å². The van der Waals surface area contributed by atoms with E-state index in [1.54, 1.807) is 22.7 Å². The Labute approximate surface area is 121 Å². The molecule has 0 bridgehead atoms. The molecule has 5 heteroatoms. The molecule has 3 rings (SSSR count). The number of nitrogens with one attached hydrogen (secondary N) is 1. The molecule has 0 radical (unpaired) electrons. The van der Waals surface area contributed by atoms with Gasteiger partial charge in [-0.25, -0.2) is 4.98 Å². The lowest BCUT2D eigenvalue weighted by Crippen LogP contribution is -2.47. The lowest BCUT2D eigenvalue weighted by atomic mass is 9.97. The quantitative estimate of drug-likeness (QED) is 0.860. The van der Waals surface area contributed by atoms with Crippen LogP contribution in [0.15, 0.2) is 22.2 Å². The molecule has 0 aliphatic heterocycles. The van der Waals surface area contributed by atoms with Crippen LogP contribution < -0.4 is 5.32 Å². The van der Waals surface area contributed by atoms with E-state index in [1.807, 2.05) is 0 Å². The van der Waals surface area contributed by atoms with E-state index in [1.165, 1.54) is 18.4 Å². The maximum atomic E-state index is 9.55. The fraction of sp³-hybridized carbons (Fsp3) is 0.500. The third kappa shape index (κ3) is 2.89. The highest BCUT2D eigenvalue weighted by Gasteiger charge is 2.40. The van der Waals surface area contributed by atoms with Crippen LogP contribution >= 0.6 is 22.7 Å². The predicted molar refractivity (Wildman–Crippen MR) is 80.5 cm³/mol. The van der Waals surface area contributed by atoms with Gasteiger partial charge in [-0.1, -0.05) is 0 Å². The Morgan fingerprint density at radius 3 is 2.95 bits per heavy atom. The van der Waals surface area contributed by atoms with Crippen LogP contribution in [0.3, 0.4) is 0 Å². The van der Waals surface area contributed by atoms with E-state index in [0.29, 0.717) is 5.92 Å². The van der Waals surface area contributed by atoms with Gasteiger partial charge in [0.2, 0.25) is 0 Å². The first-order valence-electron chi connectivity index (χ1n) is 6.54. The van der Waals surface area contributed by atoms with Crippen molar-refractivity contribution in [3.8, 4) is 10.6 Å². The molecule has 3 nitrogen and oxygen atoms in total. The van der Waals surface area contributed by atoms with Crippen molar-refractivity contribution >= 4 is 22.7 Å². The Kier molecular flexibility index (Phi) is 3.71. The molecule has 0 spiro atoms. The Morgan fingerprint density at radius 2 is 2.32 bits per heavy atom. The molecule has 2 aromatic rings. The van der Waals surface area contributed by atoms with Crippen molar-refractivity contribution in [2.24, 2.45) is 5.92 Å². The third-order valence-corrected chi connectivity index (χ3v) is 5.42. The topological polar surface area (TPSA) is 45.1 Å². The fourth-order valence-corrected chi connectivity index (χ4v) is 3.78. The van der Waals surface area contributed by atoms with Crippen LogP contribution in [0.5, 0.6) is 0 Å². The van der Waals surface area contributed by atoms with Crippen LogP contribution in [0.25, 0.3) is 10.6 Å². The third-order valence-electron chi connectivity index (χ3n) is 3.80. The van der Waals surface area contributed by atoms with Gasteiger partial charge in [-0.15, -0.1) is 11.3 Å². The van der Waals surface area contributed by atoms with Gasteiger partial charge in [0.1, 0.15) is 5.01 Å². The average molecular weight is 294 g/mol. The van der Waals surface area contributed by atoms with Crippen LogP contribution in [0.4, 0.5) is 0 Å². The molecular weight excluding hydrogens is 276 g/mol. The second-order valence-corrected chi connectivity index (χ2v) is 7.00. The molecule has 2 heterocycles. The van der Waals surface area contributed by atoms with E-state index < -0.39 is 0 Å². The molecule has 2 N–H and O–H groups in total. The standard InChI is InChI=1S/C14H18N2OS2/c1-14(9-17,11-2-3-11)15-6-12-8-19-13(16-12)10-4-5-18-7-10/h4-5,7-8,11,15,17H,2-3,6,9H2,1H3. The highest BCUT2D eigenvalue weighted by Crippen LogP contribution is 2.39. The maximum absolute atomic E-state index is 9.55. The Morgan fingerprint density at radius 1 is 1.47 bits per heavy atom. The smallest absolute Gasteiger partial charge is 0.124 e. The minimum Gasteiger partial charge on any atom is -0.394 e. The number of thiazole rings is 1. The first-order valence-corrected chi connectivity index (χ1v) is 8.36. The molecule has 1 saturated carbocycles. The van der Waals surface area contributed by atoms with Gasteiger partial charge >= 0.3 is 0 Å². The summed E-state index contributed by atoms with van der Waals surface area (Å²) in [7, 11) is 0. The normalized spacial score (nSPS) is 18.4. The number of hydrogen-bond donors (Lipinski definition) is 2. The minimum atomic E-state index is -0.147. The lowest BCUT2D eigenvalue weighted by molar-refractivity contribution is 0.153. The van der Waals surface area contributed by atoms with Gasteiger partial charge in [-0.2, -0.15) is 11.3 Å². The van der Waals surface area contributed by atoms with Gasteiger partial charge < -0.3 is 10.4 Å². The molecule has 1 fully saturated rings. The molecule has 1 aliphatic carbocycles. The second-order valence-electron chi connectivity index (χ2n) is 5.36. The molecule has 1 unspecified atom stereocenters. The van der Waals surface area contributed by atoms with Gasteiger partial charge in [0, 0.05) is 28.4 Å². The van der Waals surface area contributed by atoms with E-state index >= 15 is 0 Å². The Balaban J connectivity index is 1.64. The highest BCUT2D eigenvalue weighted by molar-refractivity contribution is 7.14. The van der Waals surface area contributed by atoms with E-state index in [2.05, 4.69) is 39.4 Å². The summed E-state index contributed by atoms with van der Waals surface area (Å²) in [5, 5.41) is 20.4. The van der Waals surface area contributed by atoms with Crippen LogP contribution in [-0.2, 0) is 6.54 Å². The summed E-state index contributed by atoms with van der Waals surface area (Å²) in [6, 6.07) is 2.10. The van der Waals surface area contributed by atoms with Gasteiger partial charge in [0.05, 0.1) is 12.3 Å². The molecule has 1 atom stereocenters. The monoisotopic (exact) mass is 294 g/mol. The van der Waals surface area contributed by atoms with Crippen molar-refractivity contribution < 1.29 is 5.11 Å². The Hall–Kier alpha value is -0.750. The van der Waals surface area contributed by atoms with Gasteiger partial charge in [0.25, 0.3) is 0 Å². The molecule has 0 saturated heterocycles. The number of hydrogen-bond acceptors (Lipinski definition) is 5. The number of aromatic nitrogens is 1. The van der Waals surface area contributed by atoms with Crippen LogP contribution in [-0.4, -0.2) is 22.2 Å². The zero-order valence-corrected chi connectivity index (χ0v) is 12.6. The fourth-order valence-electron chi connectivity index (χ4n) is 2.25. The first-order chi connectivity index (χ1) is 9.21. The van der Waals surface area contributed by atoms with Crippen LogP contribution in [0.1, 0.15) is 25.5 Å². The summed E-state index contributed by atoms with van der Waals surface area (Å²) >= 11 is 3.38. The van der Waals surface area contributed by atoms with E-state index in [-0.39, 0.29) is 12.1 Å². The molecule has 0 amide bonds. The van der Waals surface area contributed by atoms with Crippen molar-refractivity contribution in [2.45, 2.75) is 31.8 Å². The summed E-state index contributed by atoms with van der Waals surface area (Å²) in [5.74, 6) is 0.618. The Bertz CT molecular complexity index is 533. The molecule has 0 aromatic carbocycles. The van der Waals surface area contributed by atoms with Crippen LogP contribution in [0.2, 0.25) is 0 Å². The first kappa shape index (κ1) is 13.2. The number of rotatable bonds is 6. The van der Waals surface area contributed by atoms with Gasteiger partial charge in [-0.3, -0.25) is 0 Å². The van der Waals surface area contributed by atoms with Crippen molar-refractivity contribution in [1.82, 2.24) is 10.3 Å². The van der Waals surface area contributed by atoms with E-state index in [4.69, 9.17) is 0 Å². The molecular formula is C14H18N2OS2. The molecule has 102 valence electrons. The van der Waals surface area contributed by atoms with E-state index in [9.17, 15) is 5.11 Å². The van der Waals surface area contributed by atoms with Gasteiger partial charge in [0.15, 0.2) is 0 Å². The largest absolute Gasteiger partial charge is 0.394 e. The highest BCUT2D eigenvalue weighted by atomic mass is 32.1. The maximum Gasteiger partial charge on any atom is 0.124 e.